The molecule has 2 rings (SSSR count). The number of hydrogen-bond acceptors (Lipinski definition) is 4. The van der Waals surface area contributed by atoms with Crippen LogP contribution in [0.4, 0.5) is 0 Å². The van der Waals surface area contributed by atoms with E-state index in [2.05, 4.69) is 36.6 Å². The maximum atomic E-state index is 5.57. The van der Waals surface area contributed by atoms with E-state index in [1.807, 2.05) is 7.05 Å². The standard InChI is InChI=1S/C15H24N2O2/c1-10-7-12(14(18-4)8-11(10)2)15(16-3)13-9-19-6-5-17-13/h7-8,13,15-17H,5-6,9H2,1-4H3. The Morgan fingerprint density at radius 3 is 2.68 bits per heavy atom. The summed E-state index contributed by atoms with van der Waals surface area (Å²) in [5, 5.41) is 6.90. The van der Waals surface area contributed by atoms with Gasteiger partial charge in [0, 0.05) is 12.1 Å². The molecule has 0 saturated carbocycles. The van der Waals surface area contributed by atoms with Gasteiger partial charge in [0.15, 0.2) is 0 Å². The van der Waals surface area contributed by atoms with Gasteiger partial charge in [0.2, 0.25) is 0 Å². The number of ether oxygens (including phenoxy) is 2. The minimum atomic E-state index is 0.189. The zero-order valence-electron chi connectivity index (χ0n) is 12.2. The zero-order chi connectivity index (χ0) is 13.8. The van der Waals surface area contributed by atoms with E-state index in [4.69, 9.17) is 9.47 Å². The van der Waals surface area contributed by atoms with Gasteiger partial charge in [-0.3, -0.25) is 0 Å². The molecule has 2 unspecified atom stereocenters. The molecule has 4 heteroatoms. The molecule has 1 aliphatic heterocycles. The molecule has 4 nitrogen and oxygen atoms in total. The lowest BCUT2D eigenvalue weighted by molar-refractivity contribution is 0.0642. The first kappa shape index (κ1) is 14.3. The van der Waals surface area contributed by atoms with Gasteiger partial charge in [-0.2, -0.15) is 0 Å². The number of rotatable bonds is 4. The SMILES string of the molecule is CNC(c1cc(C)c(C)cc1OC)C1COCCN1. The lowest BCUT2D eigenvalue weighted by atomic mass is 9.94. The Labute approximate surface area is 115 Å². The fraction of sp³-hybridized carbons (Fsp3) is 0.600. The maximum absolute atomic E-state index is 5.57. The van der Waals surface area contributed by atoms with Crippen molar-refractivity contribution < 1.29 is 9.47 Å². The molecule has 0 radical (unpaired) electrons. The summed E-state index contributed by atoms with van der Waals surface area (Å²) in [4.78, 5) is 0. The van der Waals surface area contributed by atoms with Crippen LogP contribution in [0.15, 0.2) is 12.1 Å². The smallest absolute Gasteiger partial charge is 0.123 e. The highest BCUT2D eigenvalue weighted by atomic mass is 16.5. The van der Waals surface area contributed by atoms with E-state index in [9.17, 15) is 0 Å². The Bertz CT molecular complexity index is 428. The zero-order valence-corrected chi connectivity index (χ0v) is 12.2. The highest BCUT2D eigenvalue weighted by Crippen LogP contribution is 2.30. The van der Waals surface area contributed by atoms with Gasteiger partial charge in [0.1, 0.15) is 5.75 Å². The molecular weight excluding hydrogens is 240 g/mol. The van der Waals surface area contributed by atoms with E-state index >= 15 is 0 Å². The van der Waals surface area contributed by atoms with Crippen LogP contribution in [0.2, 0.25) is 0 Å². The van der Waals surface area contributed by atoms with E-state index in [1.54, 1.807) is 7.11 Å². The van der Waals surface area contributed by atoms with Gasteiger partial charge in [-0.1, -0.05) is 6.07 Å². The van der Waals surface area contributed by atoms with Gasteiger partial charge in [-0.15, -0.1) is 0 Å². The van der Waals surface area contributed by atoms with Crippen molar-refractivity contribution in [2.45, 2.75) is 25.9 Å². The largest absolute Gasteiger partial charge is 0.496 e. The second-order valence-corrected chi connectivity index (χ2v) is 5.08. The van der Waals surface area contributed by atoms with E-state index < -0.39 is 0 Å². The normalized spacial score (nSPS) is 21.2. The fourth-order valence-electron chi connectivity index (χ4n) is 2.61. The van der Waals surface area contributed by atoms with Gasteiger partial charge < -0.3 is 20.1 Å². The summed E-state index contributed by atoms with van der Waals surface area (Å²) in [5.41, 5.74) is 3.73. The van der Waals surface area contributed by atoms with Crippen molar-refractivity contribution >= 4 is 0 Å². The second-order valence-electron chi connectivity index (χ2n) is 5.08. The monoisotopic (exact) mass is 264 g/mol. The van der Waals surface area contributed by atoms with Crippen molar-refractivity contribution in [3.8, 4) is 5.75 Å². The molecule has 0 aromatic heterocycles. The molecule has 0 aliphatic carbocycles. The highest BCUT2D eigenvalue weighted by molar-refractivity contribution is 5.44. The summed E-state index contributed by atoms with van der Waals surface area (Å²) in [6.07, 6.45) is 0. The average molecular weight is 264 g/mol. The van der Waals surface area contributed by atoms with Gasteiger partial charge in [-0.05, 0) is 38.1 Å². The van der Waals surface area contributed by atoms with E-state index in [1.165, 1.54) is 16.7 Å². The van der Waals surface area contributed by atoms with Crippen LogP contribution >= 0.6 is 0 Å². The maximum Gasteiger partial charge on any atom is 0.123 e. The van der Waals surface area contributed by atoms with Crippen LogP contribution in [-0.2, 0) is 4.74 Å². The lowest BCUT2D eigenvalue weighted by Crippen LogP contribution is -2.48. The molecule has 0 spiro atoms. The number of hydrogen-bond donors (Lipinski definition) is 2. The third-order valence-corrected chi connectivity index (χ3v) is 3.84. The summed E-state index contributed by atoms with van der Waals surface area (Å²) >= 11 is 0. The molecule has 19 heavy (non-hydrogen) atoms. The summed E-state index contributed by atoms with van der Waals surface area (Å²) < 4.78 is 11.1. The number of morpholine rings is 1. The van der Waals surface area contributed by atoms with E-state index in [0.717, 1.165) is 25.5 Å². The number of methoxy groups -OCH3 is 1. The molecule has 0 amide bonds. The van der Waals surface area contributed by atoms with Gasteiger partial charge in [0.05, 0.1) is 32.4 Å². The van der Waals surface area contributed by atoms with Crippen LogP contribution < -0.4 is 15.4 Å². The van der Waals surface area contributed by atoms with Crippen LogP contribution in [0.1, 0.15) is 22.7 Å². The molecule has 1 aromatic carbocycles. The van der Waals surface area contributed by atoms with Crippen molar-refractivity contribution in [2.24, 2.45) is 0 Å². The number of likely N-dealkylation sites (N-methyl/N-ethyl adjacent to an activating group) is 1. The van der Waals surface area contributed by atoms with Gasteiger partial charge in [0.25, 0.3) is 0 Å². The highest BCUT2D eigenvalue weighted by Gasteiger charge is 2.26. The van der Waals surface area contributed by atoms with Crippen LogP contribution in [0.3, 0.4) is 0 Å². The summed E-state index contributed by atoms with van der Waals surface area (Å²) in [7, 11) is 3.71. The molecule has 1 heterocycles. The third-order valence-electron chi connectivity index (χ3n) is 3.84. The Hall–Kier alpha value is -1.10. The van der Waals surface area contributed by atoms with E-state index in [0.29, 0.717) is 0 Å². The Morgan fingerprint density at radius 2 is 2.11 bits per heavy atom. The quantitative estimate of drug-likeness (QED) is 0.866. The summed E-state index contributed by atoms with van der Waals surface area (Å²) in [6.45, 7) is 6.66. The van der Waals surface area contributed by atoms with Crippen LogP contribution in [-0.4, -0.2) is 40.0 Å². The first-order chi connectivity index (χ1) is 9.17. The first-order valence-electron chi connectivity index (χ1n) is 6.81. The minimum absolute atomic E-state index is 0.189. The molecule has 1 aromatic rings. The predicted molar refractivity (Wildman–Crippen MR) is 76.9 cm³/mol. The lowest BCUT2D eigenvalue weighted by Gasteiger charge is -2.32. The molecule has 106 valence electrons. The minimum Gasteiger partial charge on any atom is -0.496 e. The Kier molecular flexibility index (Phi) is 4.80. The molecule has 1 aliphatic rings. The van der Waals surface area contributed by atoms with E-state index in [-0.39, 0.29) is 12.1 Å². The van der Waals surface area contributed by atoms with Gasteiger partial charge in [-0.25, -0.2) is 0 Å². The summed E-state index contributed by atoms with van der Waals surface area (Å²) in [6, 6.07) is 4.79. The number of nitrogens with one attached hydrogen (secondary N) is 2. The molecule has 0 bridgehead atoms. The summed E-state index contributed by atoms with van der Waals surface area (Å²) in [5.74, 6) is 0.940. The average Bonchev–Trinajstić information content (AvgIpc) is 2.44. The van der Waals surface area contributed by atoms with Crippen molar-refractivity contribution in [2.75, 3.05) is 33.9 Å². The topological polar surface area (TPSA) is 42.5 Å². The van der Waals surface area contributed by atoms with Crippen molar-refractivity contribution in [1.29, 1.82) is 0 Å². The molecule has 1 fully saturated rings. The second kappa shape index (κ2) is 6.37. The third kappa shape index (κ3) is 3.08. The van der Waals surface area contributed by atoms with Gasteiger partial charge >= 0.3 is 0 Å². The van der Waals surface area contributed by atoms with Crippen molar-refractivity contribution in [1.82, 2.24) is 10.6 Å². The molecular formula is C15H24N2O2. The Morgan fingerprint density at radius 1 is 1.37 bits per heavy atom. The van der Waals surface area contributed by atoms with Crippen LogP contribution in [0, 0.1) is 13.8 Å². The van der Waals surface area contributed by atoms with Crippen molar-refractivity contribution in [3.05, 3.63) is 28.8 Å². The van der Waals surface area contributed by atoms with Crippen LogP contribution in [0.25, 0.3) is 0 Å². The van der Waals surface area contributed by atoms with Crippen molar-refractivity contribution in [3.63, 3.8) is 0 Å². The van der Waals surface area contributed by atoms with Crippen LogP contribution in [0.5, 0.6) is 5.75 Å². The number of aryl methyl sites for hydroxylation is 2. The molecule has 2 N–H and O–H groups in total. The number of benzene rings is 1. The molecule has 2 atom stereocenters. The first-order valence-corrected chi connectivity index (χ1v) is 6.81. The fourth-order valence-corrected chi connectivity index (χ4v) is 2.61. The predicted octanol–water partition coefficient (Wildman–Crippen LogP) is 1.56. The molecule has 1 saturated heterocycles. The Balaban J connectivity index is 2.33.